The summed E-state index contributed by atoms with van der Waals surface area (Å²) in [6.45, 7) is 2.40. The van der Waals surface area contributed by atoms with Crippen molar-refractivity contribution < 1.29 is 9.13 Å². The monoisotopic (exact) mass is 389 g/mol. The highest BCUT2D eigenvalue weighted by Gasteiger charge is 2.23. The zero-order valence-electron chi connectivity index (χ0n) is 15.9. The molecule has 0 bridgehead atoms. The van der Waals surface area contributed by atoms with Gasteiger partial charge in [0.15, 0.2) is 5.82 Å². The van der Waals surface area contributed by atoms with Crippen molar-refractivity contribution in [2.45, 2.75) is 25.8 Å². The molecule has 0 amide bonds. The Bertz CT molecular complexity index is 1250. The van der Waals surface area contributed by atoms with Crippen LogP contribution in [0, 0.1) is 11.7 Å². The van der Waals surface area contributed by atoms with E-state index in [-0.39, 0.29) is 11.3 Å². The van der Waals surface area contributed by atoms with Crippen LogP contribution in [-0.4, -0.2) is 32.7 Å². The number of benzene rings is 2. The molecule has 0 spiro atoms. The third-order valence-electron chi connectivity index (χ3n) is 5.67. The van der Waals surface area contributed by atoms with Crippen LogP contribution in [-0.2, 0) is 6.54 Å². The first-order chi connectivity index (χ1) is 14.3. The number of imidazole rings is 1. The predicted molar refractivity (Wildman–Crippen MR) is 110 cm³/mol. The number of anilines is 1. The summed E-state index contributed by atoms with van der Waals surface area (Å²) in [5, 5.41) is 3.51. The van der Waals surface area contributed by atoms with E-state index in [1.165, 1.54) is 25.1 Å². The molecule has 3 heterocycles. The van der Waals surface area contributed by atoms with E-state index >= 15 is 0 Å². The molecule has 0 radical (unpaired) electrons. The molecule has 1 N–H and O–H groups in total. The maximum absolute atomic E-state index is 14.7. The molecule has 2 aromatic heterocycles. The molecule has 146 valence electrons. The van der Waals surface area contributed by atoms with Gasteiger partial charge >= 0.3 is 0 Å². The Morgan fingerprint density at radius 1 is 1.10 bits per heavy atom. The van der Waals surface area contributed by atoms with Crippen molar-refractivity contribution in [2.75, 3.05) is 18.5 Å². The standard InChI is InChI=1S/C22H20FN5O/c23-16-8-14(9-17-20(16)25-5-4-24-17)22-27-18-10-15(26-12-13-2-3-13)11-19-21(18)28(22)6-1-7-29-19/h4-5,8-11,13,26H,1-3,6-7,12H2. The van der Waals surface area contributed by atoms with Crippen molar-refractivity contribution in [1.82, 2.24) is 19.5 Å². The zero-order chi connectivity index (χ0) is 19.4. The lowest BCUT2D eigenvalue weighted by Gasteiger charge is -2.10. The molecule has 1 saturated carbocycles. The molecule has 4 aromatic rings. The van der Waals surface area contributed by atoms with Crippen molar-refractivity contribution in [3.63, 3.8) is 0 Å². The molecule has 2 aromatic carbocycles. The second-order valence-electron chi connectivity index (χ2n) is 7.84. The van der Waals surface area contributed by atoms with Gasteiger partial charge in [-0.3, -0.25) is 4.98 Å². The number of rotatable bonds is 4. The molecule has 6 rings (SSSR count). The average molecular weight is 389 g/mol. The van der Waals surface area contributed by atoms with Gasteiger partial charge in [0.1, 0.15) is 22.6 Å². The van der Waals surface area contributed by atoms with E-state index in [1.807, 2.05) is 6.07 Å². The maximum atomic E-state index is 14.7. The summed E-state index contributed by atoms with van der Waals surface area (Å²) in [7, 11) is 0. The molecule has 29 heavy (non-hydrogen) atoms. The summed E-state index contributed by atoms with van der Waals surface area (Å²) < 4.78 is 22.8. The predicted octanol–water partition coefficient (Wildman–Crippen LogP) is 4.39. The topological polar surface area (TPSA) is 64.9 Å². The lowest BCUT2D eigenvalue weighted by atomic mass is 10.1. The van der Waals surface area contributed by atoms with Crippen molar-refractivity contribution in [1.29, 1.82) is 0 Å². The van der Waals surface area contributed by atoms with E-state index in [2.05, 4.69) is 32.0 Å². The highest BCUT2D eigenvalue weighted by molar-refractivity contribution is 5.90. The number of nitrogens with zero attached hydrogens (tertiary/aromatic N) is 4. The lowest BCUT2D eigenvalue weighted by molar-refractivity contribution is 0.316. The number of aromatic nitrogens is 4. The zero-order valence-corrected chi connectivity index (χ0v) is 15.9. The van der Waals surface area contributed by atoms with E-state index in [9.17, 15) is 4.39 Å². The molecule has 1 aliphatic carbocycles. The number of fused-ring (bicyclic) bond motifs is 1. The molecule has 6 nitrogen and oxygen atoms in total. The Hall–Kier alpha value is -3.22. The molecule has 7 heteroatoms. The minimum absolute atomic E-state index is 0.277. The van der Waals surface area contributed by atoms with Gasteiger partial charge in [-0.1, -0.05) is 0 Å². The van der Waals surface area contributed by atoms with Crippen LogP contribution in [0.1, 0.15) is 19.3 Å². The normalized spacial score (nSPS) is 16.0. The molecule has 0 atom stereocenters. The summed E-state index contributed by atoms with van der Waals surface area (Å²) >= 11 is 0. The van der Waals surface area contributed by atoms with Gasteiger partial charge in [-0.05, 0) is 43.4 Å². The van der Waals surface area contributed by atoms with Crippen molar-refractivity contribution in [3.8, 4) is 17.1 Å². The van der Waals surface area contributed by atoms with Crippen molar-refractivity contribution in [2.24, 2.45) is 5.92 Å². The van der Waals surface area contributed by atoms with Crippen LogP contribution >= 0.6 is 0 Å². The summed E-state index contributed by atoms with van der Waals surface area (Å²) in [6, 6.07) is 7.48. The van der Waals surface area contributed by atoms with Gasteiger partial charge in [-0.25, -0.2) is 14.4 Å². The van der Waals surface area contributed by atoms with Crippen LogP contribution in [0.5, 0.6) is 5.75 Å². The molecule has 2 aliphatic rings. The number of nitrogens with one attached hydrogen (secondary N) is 1. The van der Waals surface area contributed by atoms with E-state index in [1.54, 1.807) is 6.20 Å². The Labute approximate surface area is 166 Å². The van der Waals surface area contributed by atoms with Crippen molar-refractivity contribution in [3.05, 3.63) is 42.5 Å². The average Bonchev–Trinajstić information content (AvgIpc) is 3.52. The van der Waals surface area contributed by atoms with Gasteiger partial charge in [-0.2, -0.15) is 0 Å². The fraction of sp³-hybridized carbons (Fsp3) is 0.318. The number of halogens is 1. The SMILES string of the molecule is Fc1cc(-c2nc3cc(NCC4CC4)cc4c3n2CCCO4)cc2nccnc12. The van der Waals surface area contributed by atoms with E-state index < -0.39 is 0 Å². The Morgan fingerprint density at radius 3 is 2.90 bits per heavy atom. The Morgan fingerprint density at radius 2 is 2.00 bits per heavy atom. The smallest absolute Gasteiger partial charge is 0.151 e. The first-order valence-electron chi connectivity index (χ1n) is 10.1. The Balaban J connectivity index is 1.52. The van der Waals surface area contributed by atoms with Gasteiger partial charge in [0.25, 0.3) is 0 Å². The second kappa shape index (κ2) is 6.40. The number of hydrogen-bond donors (Lipinski definition) is 1. The third-order valence-corrected chi connectivity index (χ3v) is 5.67. The molecule has 1 fully saturated rings. The summed E-state index contributed by atoms with van der Waals surface area (Å²) in [6.07, 6.45) is 6.55. The summed E-state index contributed by atoms with van der Waals surface area (Å²) in [5.74, 6) is 1.96. The van der Waals surface area contributed by atoms with E-state index in [4.69, 9.17) is 9.72 Å². The van der Waals surface area contributed by atoms with Gasteiger partial charge < -0.3 is 14.6 Å². The van der Waals surface area contributed by atoms with Crippen LogP contribution in [0.25, 0.3) is 33.5 Å². The summed E-state index contributed by atoms with van der Waals surface area (Å²) in [4.78, 5) is 13.2. The first-order valence-corrected chi connectivity index (χ1v) is 10.1. The minimum Gasteiger partial charge on any atom is -0.491 e. The fourth-order valence-corrected chi connectivity index (χ4v) is 4.03. The second-order valence-corrected chi connectivity index (χ2v) is 7.84. The maximum Gasteiger partial charge on any atom is 0.151 e. The fourth-order valence-electron chi connectivity index (χ4n) is 4.03. The van der Waals surface area contributed by atoms with E-state index in [0.717, 1.165) is 53.7 Å². The van der Waals surface area contributed by atoms with Crippen LogP contribution in [0.15, 0.2) is 36.7 Å². The third kappa shape index (κ3) is 2.88. The van der Waals surface area contributed by atoms with Gasteiger partial charge in [0.05, 0.1) is 17.6 Å². The van der Waals surface area contributed by atoms with Crippen LogP contribution < -0.4 is 10.1 Å². The van der Waals surface area contributed by atoms with Crippen LogP contribution in [0.3, 0.4) is 0 Å². The lowest BCUT2D eigenvalue weighted by Crippen LogP contribution is -2.03. The van der Waals surface area contributed by atoms with Gasteiger partial charge in [0, 0.05) is 42.8 Å². The highest BCUT2D eigenvalue weighted by atomic mass is 19.1. The highest BCUT2D eigenvalue weighted by Crippen LogP contribution is 2.37. The first kappa shape index (κ1) is 16.7. The minimum atomic E-state index is -0.387. The van der Waals surface area contributed by atoms with Gasteiger partial charge in [-0.15, -0.1) is 0 Å². The number of aryl methyl sites for hydroxylation is 1. The molecular weight excluding hydrogens is 369 g/mol. The van der Waals surface area contributed by atoms with E-state index in [0.29, 0.717) is 17.7 Å². The molecule has 0 saturated heterocycles. The van der Waals surface area contributed by atoms with Gasteiger partial charge in [0.2, 0.25) is 0 Å². The Kier molecular flexibility index (Phi) is 3.69. The molecule has 0 unspecified atom stereocenters. The van der Waals surface area contributed by atoms with Crippen LogP contribution in [0.4, 0.5) is 10.1 Å². The quantitative estimate of drug-likeness (QED) is 0.561. The number of ether oxygens (including phenoxy) is 1. The number of hydrogen-bond acceptors (Lipinski definition) is 5. The summed E-state index contributed by atoms with van der Waals surface area (Å²) in [5.41, 5.74) is 4.35. The molecular formula is C22H20FN5O. The molecule has 1 aliphatic heterocycles. The van der Waals surface area contributed by atoms with Crippen LogP contribution in [0.2, 0.25) is 0 Å². The largest absolute Gasteiger partial charge is 0.491 e. The van der Waals surface area contributed by atoms with Crippen molar-refractivity contribution >= 4 is 27.8 Å².